The monoisotopic (exact) mass is 292 g/mol. The molecule has 3 atom stereocenters. The quantitative estimate of drug-likeness (QED) is 0.822. The third-order valence-corrected chi connectivity index (χ3v) is 6.63. The van der Waals surface area contributed by atoms with Crippen LogP contribution < -0.4 is 5.32 Å². The lowest BCUT2D eigenvalue weighted by molar-refractivity contribution is 0.0621. The van der Waals surface area contributed by atoms with Gasteiger partial charge in [-0.25, -0.2) is 0 Å². The van der Waals surface area contributed by atoms with Crippen LogP contribution in [-0.2, 0) is 0 Å². The minimum Gasteiger partial charge on any atom is -0.319 e. The van der Waals surface area contributed by atoms with Gasteiger partial charge in [0.1, 0.15) is 0 Å². The zero-order valence-corrected chi connectivity index (χ0v) is 14.4. The molecule has 0 bridgehead atoms. The molecule has 2 heteroatoms. The minimum absolute atomic E-state index is 0.563. The standard InChI is InChI=1S/C19H36N2/c1-16-7-5-11-19(13-16,14-20-2)15-21-12-6-10-18(21)17-8-3-4-9-17/h16-18,20H,3-15H2,1-2H3. The highest BCUT2D eigenvalue weighted by molar-refractivity contribution is 4.95. The Kier molecular flexibility index (Phi) is 5.27. The summed E-state index contributed by atoms with van der Waals surface area (Å²) in [7, 11) is 2.15. The molecule has 0 aromatic heterocycles. The topological polar surface area (TPSA) is 15.3 Å². The fourth-order valence-corrected chi connectivity index (χ4v) is 5.86. The van der Waals surface area contributed by atoms with Crippen molar-refractivity contribution in [3.8, 4) is 0 Å². The molecule has 0 radical (unpaired) electrons. The van der Waals surface area contributed by atoms with Crippen molar-refractivity contribution in [1.29, 1.82) is 0 Å². The molecule has 0 aromatic carbocycles. The van der Waals surface area contributed by atoms with Crippen LogP contribution in [0.5, 0.6) is 0 Å². The summed E-state index contributed by atoms with van der Waals surface area (Å²) < 4.78 is 0. The summed E-state index contributed by atoms with van der Waals surface area (Å²) >= 11 is 0. The molecule has 3 rings (SSSR count). The van der Waals surface area contributed by atoms with Crippen molar-refractivity contribution in [2.75, 3.05) is 26.7 Å². The highest BCUT2D eigenvalue weighted by atomic mass is 15.2. The SMILES string of the molecule is CNCC1(CN2CCCC2C2CCCC2)CCCC(C)C1. The lowest BCUT2D eigenvalue weighted by Crippen LogP contribution is -2.48. The predicted molar refractivity (Wildman–Crippen MR) is 90.5 cm³/mol. The van der Waals surface area contributed by atoms with Crippen LogP contribution in [0.15, 0.2) is 0 Å². The summed E-state index contributed by atoms with van der Waals surface area (Å²) in [6.45, 7) is 6.45. The maximum Gasteiger partial charge on any atom is 0.0124 e. The van der Waals surface area contributed by atoms with Gasteiger partial charge in [-0.3, -0.25) is 4.90 Å². The van der Waals surface area contributed by atoms with Crippen molar-refractivity contribution in [2.24, 2.45) is 17.3 Å². The van der Waals surface area contributed by atoms with Gasteiger partial charge >= 0.3 is 0 Å². The third kappa shape index (κ3) is 3.64. The van der Waals surface area contributed by atoms with Gasteiger partial charge in [0.2, 0.25) is 0 Å². The Morgan fingerprint density at radius 3 is 2.57 bits per heavy atom. The van der Waals surface area contributed by atoms with Gasteiger partial charge < -0.3 is 5.32 Å². The van der Waals surface area contributed by atoms with Crippen LogP contribution >= 0.6 is 0 Å². The Morgan fingerprint density at radius 1 is 1.05 bits per heavy atom. The van der Waals surface area contributed by atoms with Crippen molar-refractivity contribution in [1.82, 2.24) is 10.2 Å². The fourth-order valence-electron chi connectivity index (χ4n) is 5.86. The zero-order valence-electron chi connectivity index (χ0n) is 14.4. The molecule has 122 valence electrons. The zero-order chi connectivity index (χ0) is 14.7. The second kappa shape index (κ2) is 7.00. The van der Waals surface area contributed by atoms with Gasteiger partial charge in [-0.05, 0) is 69.4 Å². The van der Waals surface area contributed by atoms with Gasteiger partial charge in [0, 0.05) is 19.1 Å². The first kappa shape index (κ1) is 15.8. The molecule has 2 aliphatic carbocycles. The van der Waals surface area contributed by atoms with Gasteiger partial charge in [0.15, 0.2) is 0 Å². The first-order valence-electron chi connectivity index (χ1n) is 9.61. The van der Waals surface area contributed by atoms with Gasteiger partial charge in [-0.15, -0.1) is 0 Å². The Morgan fingerprint density at radius 2 is 1.86 bits per heavy atom. The van der Waals surface area contributed by atoms with Crippen molar-refractivity contribution >= 4 is 0 Å². The van der Waals surface area contributed by atoms with Gasteiger partial charge in [0.05, 0.1) is 0 Å². The lowest BCUT2D eigenvalue weighted by Gasteiger charge is -2.44. The average Bonchev–Trinajstić information content (AvgIpc) is 3.09. The van der Waals surface area contributed by atoms with Crippen LogP contribution in [0, 0.1) is 17.3 Å². The van der Waals surface area contributed by atoms with E-state index in [2.05, 4.69) is 24.2 Å². The highest BCUT2D eigenvalue weighted by Crippen LogP contribution is 2.42. The van der Waals surface area contributed by atoms with E-state index in [-0.39, 0.29) is 0 Å². The maximum atomic E-state index is 3.53. The summed E-state index contributed by atoms with van der Waals surface area (Å²) in [5.41, 5.74) is 0.563. The number of hydrogen-bond donors (Lipinski definition) is 1. The molecule has 2 nitrogen and oxygen atoms in total. The highest BCUT2D eigenvalue weighted by Gasteiger charge is 2.40. The van der Waals surface area contributed by atoms with Crippen molar-refractivity contribution < 1.29 is 0 Å². The molecule has 0 spiro atoms. The van der Waals surface area contributed by atoms with E-state index in [0.29, 0.717) is 5.41 Å². The molecular formula is C19H36N2. The molecular weight excluding hydrogens is 256 g/mol. The van der Waals surface area contributed by atoms with Crippen LogP contribution in [0.25, 0.3) is 0 Å². The predicted octanol–water partition coefficient (Wildman–Crippen LogP) is 4.06. The van der Waals surface area contributed by atoms with Crippen LogP contribution in [0.3, 0.4) is 0 Å². The minimum atomic E-state index is 0.563. The van der Waals surface area contributed by atoms with Crippen molar-refractivity contribution in [2.45, 2.75) is 77.2 Å². The molecule has 3 unspecified atom stereocenters. The molecule has 1 saturated heterocycles. The number of nitrogens with one attached hydrogen (secondary N) is 1. The van der Waals surface area contributed by atoms with Crippen molar-refractivity contribution in [3.05, 3.63) is 0 Å². The Balaban J connectivity index is 1.66. The normalized spacial score (nSPS) is 39.1. The Labute approximate surface area is 132 Å². The van der Waals surface area contributed by atoms with Crippen LogP contribution in [0.2, 0.25) is 0 Å². The molecule has 1 heterocycles. The summed E-state index contributed by atoms with van der Waals surface area (Å²) in [5.74, 6) is 1.96. The largest absolute Gasteiger partial charge is 0.319 e. The molecule has 3 aliphatic rings. The van der Waals surface area contributed by atoms with E-state index in [0.717, 1.165) is 17.9 Å². The van der Waals surface area contributed by atoms with E-state index >= 15 is 0 Å². The first-order valence-corrected chi connectivity index (χ1v) is 9.61. The summed E-state index contributed by atoms with van der Waals surface area (Å²) in [4.78, 5) is 2.92. The second-order valence-corrected chi connectivity index (χ2v) is 8.46. The van der Waals surface area contributed by atoms with E-state index < -0.39 is 0 Å². The molecule has 0 aromatic rings. The molecule has 1 N–H and O–H groups in total. The summed E-state index contributed by atoms with van der Waals surface area (Å²) in [6, 6.07) is 0.929. The number of hydrogen-bond acceptors (Lipinski definition) is 2. The van der Waals surface area contributed by atoms with Crippen molar-refractivity contribution in [3.63, 3.8) is 0 Å². The maximum absolute atomic E-state index is 3.53. The van der Waals surface area contributed by atoms with Gasteiger partial charge in [0.25, 0.3) is 0 Å². The molecule has 2 saturated carbocycles. The Hall–Kier alpha value is -0.0800. The number of likely N-dealkylation sites (tertiary alicyclic amines) is 1. The van der Waals surface area contributed by atoms with Crippen LogP contribution in [-0.4, -0.2) is 37.6 Å². The van der Waals surface area contributed by atoms with E-state index in [9.17, 15) is 0 Å². The first-order chi connectivity index (χ1) is 10.2. The van der Waals surface area contributed by atoms with E-state index in [4.69, 9.17) is 0 Å². The molecule has 1 aliphatic heterocycles. The summed E-state index contributed by atoms with van der Waals surface area (Å²) in [5, 5.41) is 3.53. The van der Waals surface area contributed by atoms with E-state index in [1.807, 2.05) is 0 Å². The average molecular weight is 293 g/mol. The number of nitrogens with zero attached hydrogens (tertiary/aromatic N) is 1. The molecule has 21 heavy (non-hydrogen) atoms. The smallest absolute Gasteiger partial charge is 0.0124 e. The van der Waals surface area contributed by atoms with E-state index in [1.165, 1.54) is 83.8 Å². The fraction of sp³-hybridized carbons (Fsp3) is 1.00. The molecule has 3 fully saturated rings. The third-order valence-electron chi connectivity index (χ3n) is 6.63. The number of rotatable bonds is 5. The van der Waals surface area contributed by atoms with Gasteiger partial charge in [-0.1, -0.05) is 32.6 Å². The lowest BCUT2D eigenvalue weighted by atomic mass is 9.69. The second-order valence-electron chi connectivity index (χ2n) is 8.46. The van der Waals surface area contributed by atoms with Crippen LogP contribution in [0.4, 0.5) is 0 Å². The van der Waals surface area contributed by atoms with E-state index in [1.54, 1.807) is 0 Å². The Bertz CT molecular complexity index is 320. The van der Waals surface area contributed by atoms with Crippen LogP contribution in [0.1, 0.15) is 71.1 Å². The summed E-state index contributed by atoms with van der Waals surface area (Å²) in [6.07, 6.45) is 14.7. The van der Waals surface area contributed by atoms with Gasteiger partial charge in [-0.2, -0.15) is 0 Å². The molecule has 0 amide bonds.